The SMILES string of the molecule is CC(C)n1c([C@H]2CCCNC2)n[nH]c1=O. The third-order valence-corrected chi connectivity index (χ3v) is 2.91. The van der Waals surface area contributed by atoms with Gasteiger partial charge in [0.15, 0.2) is 0 Å². The fraction of sp³-hybridized carbons (Fsp3) is 0.800. The summed E-state index contributed by atoms with van der Waals surface area (Å²) in [5, 5.41) is 10.0. The van der Waals surface area contributed by atoms with Crippen LogP contribution in [0.15, 0.2) is 4.79 Å². The molecule has 1 aromatic rings. The van der Waals surface area contributed by atoms with Crippen LogP contribution in [0.3, 0.4) is 0 Å². The van der Waals surface area contributed by atoms with Crippen molar-refractivity contribution in [2.75, 3.05) is 13.1 Å². The average molecular weight is 210 g/mol. The first-order chi connectivity index (χ1) is 7.20. The molecule has 2 heterocycles. The van der Waals surface area contributed by atoms with Gasteiger partial charge in [-0.1, -0.05) is 0 Å². The van der Waals surface area contributed by atoms with Crippen LogP contribution in [0.25, 0.3) is 0 Å². The molecular formula is C10H18N4O. The molecule has 1 aliphatic heterocycles. The molecule has 5 nitrogen and oxygen atoms in total. The highest BCUT2D eigenvalue weighted by Gasteiger charge is 2.22. The van der Waals surface area contributed by atoms with Gasteiger partial charge in [-0.25, -0.2) is 9.89 Å². The molecule has 0 aliphatic carbocycles. The number of piperidine rings is 1. The van der Waals surface area contributed by atoms with Crippen LogP contribution >= 0.6 is 0 Å². The maximum atomic E-state index is 11.5. The zero-order chi connectivity index (χ0) is 10.8. The molecule has 1 saturated heterocycles. The van der Waals surface area contributed by atoms with Gasteiger partial charge in [0.2, 0.25) is 0 Å². The lowest BCUT2D eigenvalue weighted by molar-refractivity contribution is 0.419. The topological polar surface area (TPSA) is 62.7 Å². The highest BCUT2D eigenvalue weighted by molar-refractivity contribution is 5.00. The first-order valence-corrected chi connectivity index (χ1v) is 5.57. The highest BCUT2D eigenvalue weighted by atomic mass is 16.1. The van der Waals surface area contributed by atoms with Crippen molar-refractivity contribution < 1.29 is 0 Å². The van der Waals surface area contributed by atoms with Crippen LogP contribution in [0.5, 0.6) is 0 Å². The molecule has 0 radical (unpaired) electrons. The Morgan fingerprint density at radius 2 is 2.33 bits per heavy atom. The largest absolute Gasteiger partial charge is 0.343 e. The first-order valence-electron chi connectivity index (χ1n) is 5.57. The van der Waals surface area contributed by atoms with E-state index in [0.29, 0.717) is 5.92 Å². The van der Waals surface area contributed by atoms with Gasteiger partial charge in [-0.15, -0.1) is 0 Å². The van der Waals surface area contributed by atoms with E-state index < -0.39 is 0 Å². The van der Waals surface area contributed by atoms with Crippen LogP contribution in [0, 0.1) is 0 Å². The number of H-pyrrole nitrogens is 1. The second kappa shape index (κ2) is 4.18. The van der Waals surface area contributed by atoms with Gasteiger partial charge in [-0.05, 0) is 33.2 Å². The van der Waals surface area contributed by atoms with E-state index in [2.05, 4.69) is 15.5 Å². The summed E-state index contributed by atoms with van der Waals surface area (Å²) in [6.45, 7) is 6.02. The molecule has 0 bridgehead atoms. The smallest absolute Gasteiger partial charge is 0.316 e. The lowest BCUT2D eigenvalue weighted by Crippen LogP contribution is -2.31. The van der Waals surface area contributed by atoms with Crippen LogP contribution in [-0.4, -0.2) is 27.9 Å². The molecule has 84 valence electrons. The van der Waals surface area contributed by atoms with Gasteiger partial charge in [-0.3, -0.25) is 4.57 Å². The molecule has 1 aromatic heterocycles. The lowest BCUT2D eigenvalue weighted by Gasteiger charge is -2.23. The zero-order valence-electron chi connectivity index (χ0n) is 9.29. The van der Waals surface area contributed by atoms with Crippen LogP contribution in [0.4, 0.5) is 0 Å². The van der Waals surface area contributed by atoms with E-state index in [1.807, 2.05) is 13.8 Å². The molecule has 0 spiro atoms. The maximum absolute atomic E-state index is 11.5. The third kappa shape index (κ3) is 1.97. The van der Waals surface area contributed by atoms with E-state index in [0.717, 1.165) is 31.8 Å². The molecular weight excluding hydrogens is 192 g/mol. The normalized spacial score (nSPS) is 22.2. The van der Waals surface area contributed by atoms with Gasteiger partial charge in [0.25, 0.3) is 0 Å². The van der Waals surface area contributed by atoms with Gasteiger partial charge in [0.05, 0.1) is 0 Å². The second-order valence-electron chi connectivity index (χ2n) is 4.39. The van der Waals surface area contributed by atoms with Gasteiger partial charge in [0.1, 0.15) is 5.82 Å². The zero-order valence-corrected chi connectivity index (χ0v) is 9.29. The Balaban J connectivity index is 2.30. The summed E-state index contributed by atoms with van der Waals surface area (Å²) in [6.07, 6.45) is 2.27. The van der Waals surface area contributed by atoms with Crippen LogP contribution < -0.4 is 11.0 Å². The van der Waals surface area contributed by atoms with Crippen molar-refractivity contribution in [3.8, 4) is 0 Å². The Labute approximate surface area is 88.9 Å². The van der Waals surface area contributed by atoms with Crippen LogP contribution in [0.1, 0.15) is 44.5 Å². The monoisotopic (exact) mass is 210 g/mol. The molecule has 15 heavy (non-hydrogen) atoms. The number of hydrogen-bond acceptors (Lipinski definition) is 3. The summed E-state index contributed by atoms with van der Waals surface area (Å²) in [6, 6.07) is 0.174. The summed E-state index contributed by atoms with van der Waals surface area (Å²) >= 11 is 0. The molecule has 2 rings (SSSR count). The summed E-state index contributed by atoms with van der Waals surface area (Å²) in [4.78, 5) is 11.5. The van der Waals surface area contributed by atoms with Crippen molar-refractivity contribution in [2.24, 2.45) is 0 Å². The predicted molar refractivity (Wildman–Crippen MR) is 58.1 cm³/mol. The third-order valence-electron chi connectivity index (χ3n) is 2.91. The Morgan fingerprint density at radius 3 is 2.93 bits per heavy atom. The number of rotatable bonds is 2. The fourth-order valence-electron chi connectivity index (χ4n) is 2.18. The molecule has 0 unspecified atom stereocenters. The van der Waals surface area contributed by atoms with Gasteiger partial charge < -0.3 is 5.32 Å². The van der Waals surface area contributed by atoms with E-state index in [9.17, 15) is 4.79 Å². The molecule has 5 heteroatoms. The predicted octanol–water partition coefficient (Wildman–Crippen LogP) is 0.619. The summed E-state index contributed by atoms with van der Waals surface area (Å²) in [7, 11) is 0. The molecule has 1 atom stereocenters. The number of nitrogens with one attached hydrogen (secondary N) is 2. The molecule has 1 fully saturated rings. The quantitative estimate of drug-likeness (QED) is 0.752. The van der Waals surface area contributed by atoms with Gasteiger partial charge in [0, 0.05) is 18.5 Å². The Kier molecular flexibility index (Phi) is 2.90. The first kappa shape index (κ1) is 10.4. The van der Waals surface area contributed by atoms with Crippen molar-refractivity contribution in [1.29, 1.82) is 0 Å². The van der Waals surface area contributed by atoms with Gasteiger partial charge >= 0.3 is 5.69 Å². The number of aromatic amines is 1. The van der Waals surface area contributed by atoms with E-state index in [4.69, 9.17) is 0 Å². The number of nitrogens with zero attached hydrogens (tertiary/aromatic N) is 2. The van der Waals surface area contributed by atoms with E-state index in [1.165, 1.54) is 0 Å². The lowest BCUT2D eigenvalue weighted by atomic mass is 9.98. The molecule has 0 aromatic carbocycles. The fourth-order valence-corrected chi connectivity index (χ4v) is 2.18. The minimum absolute atomic E-state index is 0.0921. The molecule has 1 aliphatic rings. The summed E-state index contributed by atoms with van der Waals surface area (Å²) in [5.74, 6) is 1.28. The average Bonchev–Trinajstić information content (AvgIpc) is 2.61. The van der Waals surface area contributed by atoms with Crippen molar-refractivity contribution in [3.05, 3.63) is 16.3 Å². The molecule has 2 N–H and O–H groups in total. The van der Waals surface area contributed by atoms with Crippen molar-refractivity contribution in [1.82, 2.24) is 20.1 Å². The Hall–Kier alpha value is -1.10. The van der Waals surface area contributed by atoms with Gasteiger partial charge in [-0.2, -0.15) is 5.10 Å². The molecule has 0 saturated carbocycles. The van der Waals surface area contributed by atoms with Crippen molar-refractivity contribution in [2.45, 2.75) is 38.6 Å². The number of hydrogen-bond donors (Lipinski definition) is 2. The second-order valence-corrected chi connectivity index (χ2v) is 4.39. The molecule has 0 amide bonds. The van der Waals surface area contributed by atoms with Crippen molar-refractivity contribution in [3.63, 3.8) is 0 Å². The summed E-state index contributed by atoms with van der Waals surface area (Å²) < 4.78 is 1.76. The Bertz CT molecular complexity index is 373. The maximum Gasteiger partial charge on any atom is 0.343 e. The minimum atomic E-state index is -0.0921. The van der Waals surface area contributed by atoms with Crippen molar-refractivity contribution >= 4 is 0 Å². The number of aromatic nitrogens is 3. The standard InChI is InChI=1S/C10H18N4O/c1-7(2)14-9(12-13-10(14)15)8-4-3-5-11-6-8/h7-8,11H,3-6H2,1-2H3,(H,13,15)/t8-/m0/s1. The van der Waals surface area contributed by atoms with E-state index in [-0.39, 0.29) is 11.7 Å². The highest BCUT2D eigenvalue weighted by Crippen LogP contribution is 2.21. The summed E-state index contributed by atoms with van der Waals surface area (Å²) in [5.41, 5.74) is -0.0921. The van der Waals surface area contributed by atoms with Crippen LogP contribution in [0.2, 0.25) is 0 Å². The van der Waals surface area contributed by atoms with Crippen LogP contribution in [-0.2, 0) is 0 Å². The van der Waals surface area contributed by atoms with E-state index in [1.54, 1.807) is 4.57 Å². The minimum Gasteiger partial charge on any atom is -0.316 e. The Morgan fingerprint density at radius 1 is 1.53 bits per heavy atom. The van der Waals surface area contributed by atoms with E-state index >= 15 is 0 Å².